The Kier molecular flexibility index (Phi) is 6.14. The summed E-state index contributed by atoms with van der Waals surface area (Å²) in [4.78, 5) is 17.8. The molecule has 0 spiro atoms. The van der Waals surface area contributed by atoms with Gasteiger partial charge in [-0.3, -0.25) is 14.7 Å². The monoisotopic (exact) mass is 357 g/mol. The number of likely N-dealkylation sites (tertiary alicyclic amines) is 1. The SMILES string of the molecule is CCN=C(NC1CCN(CC(N)=O)CC1)NC1CC1c1ccccc1C. The first kappa shape index (κ1) is 18.7. The zero-order valence-corrected chi connectivity index (χ0v) is 15.9. The van der Waals surface area contributed by atoms with E-state index in [9.17, 15) is 4.79 Å². The van der Waals surface area contributed by atoms with Crippen LogP contribution in [0.25, 0.3) is 0 Å². The third-order valence-corrected chi connectivity index (χ3v) is 5.32. The number of hydrogen-bond donors (Lipinski definition) is 3. The lowest BCUT2D eigenvalue weighted by Gasteiger charge is -2.32. The number of carbonyl (C=O) groups excluding carboxylic acids is 1. The Balaban J connectivity index is 1.49. The summed E-state index contributed by atoms with van der Waals surface area (Å²) in [5, 5.41) is 7.19. The van der Waals surface area contributed by atoms with Gasteiger partial charge >= 0.3 is 0 Å². The van der Waals surface area contributed by atoms with E-state index in [-0.39, 0.29) is 5.91 Å². The fourth-order valence-electron chi connectivity index (χ4n) is 3.82. The van der Waals surface area contributed by atoms with Crippen LogP contribution < -0.4 is 16.4 Å². The largest absolute Gasteiger partial charge is 0.369 e. The second-order valence-corrected chi connectivity index (χ2v) is 7.43. The van der Waals surface area contributed by atoms with Crippen molar-refractivity contribution in [3.63, 3.8) is 0 Å². The number of rotatable bonds is 6. The van der Waals surface area contributed by atoms with Crippen LogP contribution in [0.2, 0.25) is 0 Å². The van der Waals surface area contributed by atoms with Crippen LogP contribution in [-0.2, 0) is 4.79 Å². The number of benzene rings is 1. The van der Waals surface area contributed by atoms with Gasteiger partial charge in [0, 0.05) is 37.6 Å². The molecule has 3 rings (SSSR count). The molecule has 6 nitrogen and oxygen atoms in total. The Bertz CT molecular complexity index is 651. The smallest absolute Gasteiger partial charge is 0.231 e. The van der Waals surface area contributed by atoms with Crippen LogP contribution in [0.4, 0.5) is 0 Å². The first-order valence-electron chi connectivity index (χ1n) is 9.70. The van der Waals surface area contributed by atoms with E-state index in [1.165, 1.54) is 11.1 Å². The molecule has 1 aliphatic carbocycles. The molecular formula is C20H31N5O. The van der Waals surface area contributed by atoms with Crippen molar-refractivity contribution in [2.45, 2.75) is 51.1 Å². The molecule has 1 saturated carbocycles. The van der Waals surface area contributed by atoms with Crippen molar-refractivity contribution in [1.29, 1.82) is 0 Å². The highest BCUT2D eigenvalue weighted by Gasteiger charge is 2.40. The zero-order chi connectivity index (χ0) is 18.5. The molecular weight excluding hydrogens is 326 g/mol. The quantitative estimate of drug-likeness (QED) is 0.530. The van der Waals surface area contributed by atoms with Crippen LogP contribution in [-0.4, -0.2) is 55.0 Å². The van der Waals surface area contributed by atoms with Crippen molar-refractivity contribution in [1.82, 2.24) is 15.5 Å². The molecule has 1 aromatic rings. The van der Waals surface area contributed by atoms with Crippen molar-refractivity contribution in [3.8, 4) is 0 Å². The second kappa shape index (κ2) is 8.54. The molecule has 2 aliphatic rings. The number of aliphatic imine (C=N–C) groups is 1. The summed E-state index contributed by atoms with van der Waals surface area (Å²) in [7, 11) is 0. The fraction of sp³-hybridized carbons (Fsp3) is 0.600. The van der Waals surface area contributed by atoms with E-state index in [1.54, 1.807) is 0 Å². The van der Waals surface area contributed by atoms with Crippen molar-refractivity contribution in [2.24, 2.45) is 10.7 Å². The lowest BCUT2D eigenvalue weighted by Crippen LogP contribution is -2.50. The number of guanidine groups is 1. The number of amides is 1. The molecule has 2 fully saturated rings. The molecule has 26 heavy (non-hydrogen) atoms. The van der Waals surface area contributed by atoms with Gasteiger partial charge < -0.3 is 16.4 Å². The fourth-order valence-corrected chi connectivity index (χ4v) is 3.82. The van der Waals surface area contributed by atoms with Crippen LogP contribution >= 0.6 is 0 Å². The molecule has 1 saturated heterocycles. The van der Waals surface area contributed by atoms with Crippen molar-refractivity contribution in [2.75, 3.05) is 26.2 Å². The van der Waals surface area contributed by atoms with Gasteiger partial charge in [0.15, 0.2) is 5.96 Å². The number of piperidine rings is 1. The minimum Gasteiger partial charge on any atom is -0.369 e. The van der Waals surface area contributed by atoms with E-state index in [0.29, 0.717) is 24.5 Å². The molecule has 1 amide bonds. The number of nitrogens with zero attached hydrogens (tertiary/aromatic N) is 2. The minimum atomic E-state index is -0.248. The van der Waals surface area contributed by atoms with Gasteiger partial charge in [-0.25, -0.2) is 0 Å². The summed E-state index contributed by atoms with van der Waals surface area (Å²) < 4.78 is 0. The Morgan fingerprint density at radius 1 is 1.27 bits per heavy atom. The number of carbonyl (C=O) groups is 1. The van der Waals surface area contributed by atoms with Crippen molar-refractivity contribution < 1.29 is 4.79 Å². The van der Waals surface area contributed by atoms with Gasteiger partial charge in [-0.1, -0.05) is 24.3 Å². The average Bonchev–Trinajstić information content (AvgIpc) is 3.35. The number of nitrogens with two attached hydrogens (primary N) is 1. The molecule has 1 aliphatic heterocycles. The Labute approximate surface area is 156 Å². The maximum atomic E-state index is 11.0. The lowest BCUT2D eigenvalue weighted by atomic mass is 10.0. The van der Waals surface area contributed by atoms with Crippen LogP contribution in [0.5, 0.6) is 0 Å². The number of nitrogens with one attached hydrogen (secondary N) is 2. The molecule has 4 N–H and O–H groups in total. The predicted octanol–water partition coefficient (Wildman–Crippen LogP) is 1.36. The van der Waals surface area contributed by atoms with E-state index in [0.717, 1.165) is 44.9 Å². The number of primary amides is 1. The number of hydrogen-bond acceptors (Lipinski definition) is 3. The zero-order valence-electron chi connectivity index (χ0n) is 15.9. The Hall–Kier alpha value is -2.08. The third-order valence-electron chi connectivity index (χ3n) is 5.32. The van der Waals surface area contributed by atoms with Gasteiger partial charge in [-0.2, -0.15) is 0 Å². The topological polar surface area (TPSA) is 82.8 Å². The van der Waals surface area contributed by atoms with Gasteiger partial charge in [0.05, 0.1) is 6.54 Å². The van der Waals surface area contributed by atoms with E-state index in [2.05, 4.69) is 58.6 Å². The van der Waals surface area contributed by atoms with Crippen LogP contribution in [0, 0.1) is 6.92 Å². The summed E-state index contributed by atoms with van der Waals surface area (Å²) in [6, 6.07) is 9.50. The van der Waals surface area contributed by atoms with E-state index < -0.39 is 0 Å². The van der Waals surface area contributed by atoms with E-state index in [4.69, 9.17) is 5.73 Å². The van der Waals surface area contributed by atoms with E-state index >= 15 is 0 Å². The minimum absolute atomic E-state index is 0.248. The summed E-state index contributed by atoms with van der Waals surface area (Å²) in [6.45, 7) is 7.16. The highest BCUT2D eigenvalue weighted by Crippen LogP contribution is 2.42. The highest BCUT2D eigenvalue weighted by molar-refractivity contribution is 5.81. The Morgan fingerprint density at radius 2 is 2.00 bits per heavy atom. The van der Waals surface area contributed by atoms with Crippen molar-refractivity contribution in [3.05, 3.63) is 35.4 Å². The Morgan fingerprint density at radius 3 is 2.65 bits per heavy atom. The summed E-state index contributed by atoms with van der Waals surface area (Å²) >= 11 is 0. The molecule has 2 atom stereocenters. The highest BCUT2D eigenvalue weighted by atomic mass is 16.1. The van der Waals surface area contributed by atoms with Crippen molar-refractivity contribution >= 4 is 11.9 Å². The summed E-state index contributed by atoms with van der Waals surface area (Å²) in [6.07, 6.45) is 3.17. The molecule has 142 valence electrons. The average molecular weight is 358 g/mol. The van der Waals surface area contributed by atoms with Gasteiger partial charge in [-0.05, 0) is 44.2 Å². The van der Waals surface area contributed by atoms with Crippen LogP contribution in [0.1, 0.15) is 43.2 Å². The van der Waals surface area contributed by atoms with E-state index in [1.807, 2.05) is 0 Å². The van der Waals surface area contributed by atoms with Gasteiger partial charge in [0.1, 0.15) is 0 Å². The van der Waals surface area contributed by atoms with Gasteiger partial charge in [-0.15, -0.1) is 0 Å². The molecule has 0 bridgehead atoms. The normalized spacial score (nSPS) is 24.3. The summed E-state index contributed by atoms with van der Waals surface area (Å²) in [5.74, 6) is 1.25. The standard InChI is InChI=1S/C20H31N5O/c1-3-22-20(23-15-8-10-25(11-9-15)13-19(21)26)24-18-12-17(18)16-7-5-4-6-14(16)2/h4-7,15,17-18H,3,8-13H2,1-2H3,(H2,21,26)(H2,22,23,24). The molecule has 2 unspecified atom stereocenters. The van der Waals surface area contributed by atoms with Gasteiger partial charge in [0.2, 0.25) is 5.91 Å². The first-order chi connectivity index (χ1) is 12.6. The number of aryl methyl sites for hydroxylation is 1. The molecule has 0 aromatic heterocycles. The third kappa shape index (κ3) is 4.97. The lowest BCUT2D eigenvalue weighted by molar-refractivity contribution is -0.119. The molecule has 0 radical (unpaired) electrons. The molecule has 6 heteroatoms. The maximum Gasteiger partial charge on any atom is 0.231 e. The predicted molar refractivity (Wildman–Crippen MR) is 105 cm³/mol. The molecule has 1 aromatic carbocycles. The maximum absolute atomic E-state index is 11.0. The van der Waals surface area contributed by atoms with Gasteiger partial charge in [0.25, 0.3) is 0 Å². The van der Waals surface area contributed by atoms with Crippen LogP contribution in [0.3, 0.4) is 0 Å². The summed E-state index contributed by atoms with van der Waals surface area (Å²) in [5.41, 5.74) is 8.10. The second-order valence-electron chi connectivity index (χ2n) is 7.43. The van der Waals surface area contributed by atoms with Crippen LogP contribution in [0.15, 0.2) is 29.3 Å². The first-order valence-corrected chi connectivity index (χ1v) is 9.70. The molecule has 1 heterocycles.